The Morgan fingerprint density at radius 2 is 1.72 bits per heavy atom. The zero-order valence-electron chi connectivity index (χ0n) is 30.3. The number of guanidine groups is 1. The lowest BCUT2D eigenvalue weighted by molar-refractivity contribution is 0.182. The van der Waals surface area contributed by atoms with E-state index in [1.165, 1.54) is 61.4 Å². The summed E-state index contributed by atoms with van der Waals surface area (Å²) in [6.45, 7) is 4.80. The standard InChI is InChI=1S/C48H44N4O/c1-48(2)39-20-9-6-15-33(39)34-25-24-31(27-40(34)48)46-49-45(29-13-4-3-5-14-29)50-47(51-46)52-41-21-10-7-16-35(41)36-26-23-30(28-42(36)52)32-18-12-19-38-37-17-8-11-22-43(37)53-44(32)38/h3-8,10-11,13-17,19,21-27,37,42-43,45-46,49H,9,12,18,20,28H2,1-2H3,(H,50,51). The number of para-hydroxylation sites is 1. The van der Waals surface area contributed by atoms with Gasteiger partial charge in [-0.2, -0.15) is 0 Å². The van der Waals surface area contributed by atoms with Crippen LogP contribution in [-0.2, 0) is 10.2 Å². The van der Waals surface area contributed by atoms with Crippen molar-refractivity contribution >= 4 is 22.8 Å². The molecule has 0 aromatic heterocycles. The van der Waals surface area contributed by atoms with E-state index in [2.05, 4.69) is 157 Å². The topological polar surface area (TPSA) is 48.9 Å². The lowest BCUT2D eigenvalue weighted by atomic mass is 9.78. The molecule has 5 atom stereocenters. The SMILES string of the molecule is CC1(C)C2=C(C=CCC2)c2ccc(C3N=C(N4c5ccccc5C5=CC=C(C6=C7OC8C=CC=CC8C7=CCC6)CC54)NC(c4ccccc4)N3)cc21. The molecule has 5 heteroatoms. The minimum Gasteiger partial charge on any atom is -0.485 e. The summed E-state index contributed by atoms with van der Waals surface area (Å²) >= 11 is 0. The number of fused-ring (bicyclic) bond motifs is 8. The Kier molecular flexibility index (Phi) is 6.94. The molecule has 11 rings (SSSR count). The van der Waals surface area contributed by atoms with Gasteiger partial charge in [0.05, 0.1) is 11.7 Å². The minimum absolute atomic E-state index is 0.000606. The number of hydrogen-bond acceptors (Lipinski definition) is 5. The van der Waals surface area contributed by atoms with Gasteiger partial charge in [-0.3, -0.25) is 5.32 Å². The van der Waals surface area contributed by atoms with Crippen LogP contribution in [0.4, 0.5) is 5.69 Å². The molecule has 1 fully saturated rings. The maximum absolute atomic E-state index is 6.70. The number of aliphatic imine (C=N–C) groups is 1. The van der Waals surface area contributed by atoms with Crippen LogP contribution in [0.2, 0.25) is 0 Å². The van der Waals surface area contributed by atoms with Crippen molar-refractivity contribution in [3.8, 4) is 0 Å². The van der Waals surface area contributed by atoms with E-state index in [1.807, 2.05) is 0 Å². The second kappa shape index (κ2) is 11.8. The minimum atomic E-state index is -0.225. The highest BCUT2D eigenvalue weighted by Gasteiger charge is 2.44. The first-order valence-corrected chi connectivity index (χ1v) is 19.5. The van der Waals surface area contributed by atoms with Gasteiger partial charge < -0.3 is 15.0 Å². The van der Waals surface area contributed by atoms with Crippen LogP contribution >= 0.6 is 0 Å². The van der Waals surface area contributed by atoms with Crippen molar-refractivity contribution in [2.45, 2.75) is 75.8 Å². The number of ether oxygens (including phenoxy) is 1. The largest absolute Gasteiger partial charge is 0.485 e. The molecule has 3 heterocycles. The fourth-order valence-corrected chi connectivity index (χ4v) is 10.2. The molecule has 0 spiro atoms. The Morgan fingerprint density at radius 3 is 2.64 bits per heavy atom. The van der Waals surface area contributed by atoms with Gasteiger partial charge in [0.2, 0.25) is 5.96 Å². The number of allylic oxidation sites excluding steroid dienone is 11. The van der Waals surface area contributed by atoms with Gasteiger partial charge in [0.1, 0.15) is 24.2 Å². The van der Waals surface area contributed by atoms with Crippen molar-refractivity contribution in [1.29, 1.82) is 0 Å². The molecule has 262 valence electrons. The second-order valence-electron chi connectivity index (χ2n) is 16.1. The molecule has 0 saturated carbocycles. The van der Waals surface area contributed by atoms with Crippen LogP contribution in [0.1, 0.15) is 86.1 Å². The van der Waals surface area contributed by atoms with E-state index in [9.17, 15) is 0 Å². The van der Waals surface area contributed by atoms with Crippen LogP contribution in [0, 0.1) is 5.92 Å². The summed E-state index contributed by atoms with van der Waals surface area (Å²) in [6.07, 6.45) is 25.6. The molecule has 8 aliphatic rings. The van der Waals surface area contributed by atoms with E-state index >= 15 is 0 Å². The summed E-state index contributed by atoms with van der Waals surface area (Å²) < 4.78 is 6.70. The van der Waals surface area contributed by atoms with Crippen LogP contribution in [-0.4, -0.2) is 18.1 Å². The average Bonchev–Trinajstić information content (AvgIpc) is 3.83. The van der Waals surface area contributed by atoms with Crippen LogP contribution in [0.15, 0.2) is 161 Å². The predicted octanol–water partition coefficient (Wildman–Crippen LogP) is 10.0. The van der Waals surface area contributed by atoms with E-state index in [1.54, 1.807) is 5.57 Å². The predicted molar refractivity (Wildman–Crippen MR) is 215 cm³/mol. The molecule has 0 radical (unpaired) electrons. The molecule has 3 aromatic rings. The third kappa shape index (κ3) is 4.76. The molecule has 0 bridgehead atoms. The van der Waals surface area contributed by atoms with Crippen molar-refractivity contribution in [3.63, 3.8) is 0 Å². The summed E-state index contributed by atoms with van der Waals surface area (Å²) in [4.78, 5) is 8.08. The number of rotatable bonds is 3. The normalized spacial score (nSPS) is 28.4. The van der Waals surface area contributed by atoms with Gasteiger partial charge in [-0.15, -0.1) is 0 Å². The van der Waals surface area contributed by atoms with Crippen molar-refractivity contribution < 1.29 is 4.74 Å². The molecule has 53 heavy (non-hydrogen) atoms. The van der Waals surface area contributed by atoms with Crippen LogP contribution < -0.4 is 15.5 Å². The van der Waals surface area contributed by atoms with Crippen LogP contribution in [0.3, 0.4) is 0 Å². The Balaban J connectivity index is 0.996. The summed E-state index contributed by atoms with van der Waals surface area (Å²) in [5, 5.41) is 7.81. The van der Waals surface area contributed by atoms with Gasteiger partial charge >= 0.3 is 0 Å². The van der Waals surface area contributed by atoms with Crippen LogP contribution in [0.5, 0.6) is 0 Å². The molecule has 5 nitrogen and oxygen atoms in total. The molecule has 5 aliphatic carbocycles. The van der Waals surface area contributed by atoms with E-state index < -0.39 is 0 Å². The molecule has 0 amide bonds. The molecule has 1 saturated heterocycles. The lowest BCUT2D eigenvalue weighted by Crippen LogP contribution is -2.53. The summed E-state index contributed by atoms with van der Waals surface area (Å²) in [5.41, 5.74) is 16.1. The third-order valence-electron chi connectivity index (χ3n) is 12.9. The Morgan fingerprint density at radius 1 is 0.849 bits per heavy atom. The van der Waals surface area contributed by atoms with Crippen molar-refractivity contribution in [2.24, 2.45) is 10.9 Å². The smallest absolute Gasteiger partial charge is 0.202 e. The summed E-state index contributed by atoms with van der Waals surface area (Å²) in [6, 6.07) is 26.8. The summed E-state index contributed by atoms with van der Waals surface area (Å²) in [5.74, 6) is 2.33. The number of benzene rings is 3. The molecular weight excluding hydrogens is 649 g/mol. The quantitative estimate of drug-likeness (QED) is 0.287. The molecule has 2 N–H and O–H groups in total. The second-order valence-corrected chi connectivity index (χ2v) is 16.1. The first-order valence-electron chi connectivity index (χ1n) is 19.5. The van der Waals surface area contributed by atoms with Crippen LogP contribution in [0.25, 0.3) is 11.1 Å². The first kappa shape index (κ1) is 31.2. The van der Waals surface area contributed by atoms with Gasteiger partial charge in [0, 0.05) is 22.5 Å². The monoisotopic (exact) mass is 692 g/mol. The maximum atomic E-state index is 6.70. The van der Waals surface area contributed by atoms with Gasteiger partial charge in [-0.1, -0.05) is 135 Å². The third-order valence-corrected chi connectivity index (χ3v) is 12.9. The molecule has 3 aromatic carbocycles. The fourth-order valence-electron chi connectivity index (χ4n) is 10.2. The number of nitrogens with one attached hydrogen (secondary N) is 2. The Bertz CT molecular complexity index is 2360. The van der Waals surface area contributed by atoms with Crippen molar-refractivity contribution in [2.75, 3.05) is 4.90 Å². The van der Waals surface area contributed by atoms with E-state index in [-0.39, 0.29) is 29.9 Å². The first-order chi connectivity index (χ1) is 26.0. The van der Waals surface area contributed by atoms with E-state index in [4.69, 9.17) is 9.73 Å². The number of nitrogens with zero attached hydrogens (tertiary/aromatic N) is 2. The summed E-state index contributed by atoms with van der Waals surface area (Å²) in [7, 11) is 0. The zero-order valence-corrected chi connectivity index (χ0v) is 30.3. The van der Waals surface area contributed by atoms with Crippen molar-refractivity contribution in [3.05, 3.63) is 183 Å². The van der Waals surface area contributed by atoms with Crippen molar-refractivity contribution in [1.82, 2.24) is 10.6 Å². The average molecular weight is 693 g/mol. The molecule has 5 unspecified atom stereocenters. The highest BCUT2D eigenvalue weighted by molar-refractivity contribution is 6.07. The lowest BCUT2D eigenvalue weighted by Gasteiger charge is -2.39. The number of anilines is 1. The molecular formula is C48H44N4O. The van der Waals surface area contributed by atoms with E-state index in [0.717, 1.165) is 43.8 Å². The fraction of sp³-hybridized carbons (Fsp3) is 0.271. The zero-order chi connectivity index (χ0) is 35.3. The molecule has 3 aliphatic heterocycles. The highest BCUT2D eigenvalue weighted by Crippen LogP contribution is 2.52. The Hall–Kier alpha value is -5.39. The van der Waals surface area contributed by atoms with Gasteiger partial charge in [0.25, 0.3) is 0 Å². The van der Waals surface area contributed by atoms with E-state index in [0.29, 0.717) is 5.92 Å². The Labute approximate surface area is 312 Å². The van der Waals surface area contributed by atoms with Gasteiger partial charge in [-0.25, -0.2) is 4.99 Å². The van der Waals surface area contributed by atoms with Gasteiger partial charge in [0.15, 0.2) is 0 Å². The highest BCUT2D eigenvalue weighted by atomic mass is 16.5. The number of hydrogen-bond donors (Lipinski definition) is 2. The van der Waals surface area contributed by atoms with Gasteiger partial charge in [-0.05, 0) is 88.8 Å². The maximum Gasteiger partial charge on any atom is 0.202 e.